The van der Waals surface area contributed by atoms with Gasteiger partial charge in [-0.15, -0.1) is 0 Å². The Bertz CT molecular complexity index is 791. The number of carbonyl (C=O) groups is 2. The Hall–Kier alpha value is -2.05. The molecular formula is C16H15Cl2N3O3. The van der Waals surface area contributed by atoms with Gasteiger partial charge in [0.2, 0.25) is 0 Å². The van der Waals surface area contributed by atoms with Crippen LogP contribution < -0.4 is 0 Å². The first-order valence-electron chi connectivity index (χ1n) is 7.49. The van der Waals surface area contributed by atoms with Gasteiger partial charge in [0.05, 0.1) is 21.7 Å². The maximum atomic E-state index is 12.5. The zero-order chi connectivity index (χ0) is 17.3. The summed E-state index contributed by atoms with van der Waals surface area (Å²) < 4.78 is 1.54. The van der Waals surface area contributed by atoms with Crippen LogP contribution in [-0.4, -0.2) is 44.8 Å². The van der Waals surface area contributed by atoms with Gasteiger partial charge in [-0.05, 0) is 37.1 Å². The lowest BCUT2D eigenvalue weighted by atomic mass is 9.98. The highest BCUT2D eigenvalue weighted by Gasteiger charge is 2.29. The monoisotopic (exact) mass is 367 g/mol. The Kier molecular flexibility index (Phi) is 4.78. The second-order valence-electron chi connectivity index (χ2n) is 5.67. The lowest BCUT2D eigenvalue weighted by Gasteiger charge is -2.30. The average molecular weight is 368 g/mol. The van der Waals surface area contributed by atoms with Crippen LogP contribution in [0.3, 0.4) is 0 Å². The summed E-state index contributed by atoms with van der Waals surface area (Å²) in [5.74, 6) is -1.64. The van der Waals surface area contributed by atoms with E-state index in [4.69, 9.17) is 28.3 Å². The minimum atomic E-state index is -0.867. The molecule has 6 nitrogen and oxygen atoms in total. The molecule has 2 aromatic rings. The van der Waals surface area contributed by atoms with Gasteiger partial charge < -0.3 is 10.0 Å². The number of aromatic nitrogens is 2. The lowest BCUT2D eigenvalue weighted by Crippen LogP contribution is -2.42. The molecule has 0 aliphatic carbocycles. The third-order valence-corrected chi connectivity index (χ3v) is 4.77. The molecule has 1 atom stereocenters. The molecule has 1 amide bonds. The molecule has 1 aromatic carbocycles. The molecule has 0 radical (unpaired) electrons. The van der Waals surface area contributed by atoms with Crippen molar-refractivity contribution in [2.45, 2.75) is 12.8 Å². The number of carboxylic acids is 1. The number of halogens is 2. The molecule has 1 N–H and O–H groups in total. The highest BCUT2D eigenvalue weighted by atomic mass is 35.5. The number of carboxylic acid groups (broad SMARTS) is 1. The number of likely N-dealkylation sites (tertiary alicyclic amines) is 1. The van der Waals surface area contributed by atoms with E-state index in [1.807, 2.05) is 0 Å². The molecule has 1 aliphatic rings. The van der Waals surface area contributed by atoms with Gasteiger partial charge >= 0.3 is 5.97 Å². The fraction of sp³-hybridized carbons (Fsp3) is 0.312. The normalized spacial score (nSPS) is 17.8. The highest BCUT2D eigenvalue weighted by molar-refractivity contribution is 6.42. The van der Waals surface area contributed by atoms with Crippen molar-refractivity contribution in [1.29, 1.82) is 0 Å². The molecule has 24 heavy (non-hydrogen) atoms. The minimum absolute atomic E-state index is 0.216. The number of aliphatic carboxylic acids is 1. The number of carbonyl (C=O) groups excluding carboxylic acids is 1. The van der Waals surface area contributed by atoms with Gasteiger partial charge in [0.25, 0.3) is 5.91 Å². The van der Waals surface area contributed by atoms with Gasteiger partial charge in [0.1, 0.15) is 0 Å². The summed E-state index contributed by atoms with van der Waals surface area (Å²) in [6, 6.07) is 6.67. The summed E-state index contributed by atoms with van der Waals surface area (Å²) in [6.07, 6.45) is 2.93. The van der Waals surface area contributed by atoms with Crippen LogP contribution in [0.15, 0.2) is 30.5 Å². The number of benzene rings is 1. The van der Waals surface area contributed by atoms with Crippen LogP contribution in [0.25, 0.3) is 5.69 Å². The maximum Gasteiger partial charge on any atom is 0.308 e. The molecule has 3 rings (SSSR count). The van der Waals surface area contributed by atoms with Gasteiger partial charge in [0, 0.05) is 19.3 Å². The van der Waals surface area contributed by atoms with Gasteiger partial charge in [0.15, 0.2) is 5.69 Å². The Balaban J connectivity index is 1.78. The molecule has 126 valence electrons. The summed E-state index contributed by atoms with van der Waals surface area (Å²) >= 11 is 11.9. The van der Waals surface area contributed by atoms with Crippen molar-refractivity contribution in [3.05, 3.63) is 46.2 Å². The van der Waals surface area contributed by atoms with E-state index >= 15 is 0 Å². The number of amides is 1. The molecule has 8 heteroatoms. The SMILES string of the molecule is O=C(O)[C@@H]1CCCN(C(=O)c2ccn(-c3ccc(Cl)c(Cl)c3)n2)C1. The summed E-state index contributed by atoms with van der Waals surface area (Å²) in [7, 11) is 0. The van der Waals surface area contributed by atoms with E-state index in [9.17, 15) is 9.59 Å². The molecular weight excluding hydrogens is 353 g/mol. The van der Waals surface area contributed by atoms with Crippen molar-refractivity contribution < 1.29 is 14.7 Å². The summed E-state index contributed by atoms with van der Waals surface area (Å²) in [6.45, 7) is 0.760. The van der Waals surface area contributed by atoms with E-state index in [1.165, 1.54) is 4.68 Å². The van der Waals surface area contributed by atoms with Crippen molar-refractivity contribution in [3.63, 3.8) is 0 Å². The first kappa shape index (κ1) is 16.8. The number of hydrogen-bond acceptors (Lipinski definition) is 3. The third-order valence-electron chi connectivity index (χ3n) is 4.03. The quantitative estimate of drug-likeness (QED) is 0.903. The standard InChI is InChI=1S/C16H15Cl2N3O3/c17-12-4-3-11(8-13(12)18)21-7-5-14(19-21)15(22)20-6-1-2-10(9-20)16(23)24/h3-5,7-8,10H,1-2,6,9H2,(H,23,24)/t10-/m1/s1. The zero-order valence-corrected chi connectivity index (χ0v) is 14.2. The predicted molar refractivity (Wildman–Crippen MR) is 89.8 cm³/mol. The van der Waals surface area contributed by atoms with E-state index in [2.05, 4.69) is 5.10 Å². The minimum Gasteiger partial charge on any atom is -0.481 e. The lowest BCUT2D eigenvalue weighted by molar-refractivity contribution is -0.143. The topological polar surface area (TPSA) is 75.4 Å². The van der Waals surface area contributed by atoms with Crippen LogP contribution in [0.1, 0.15) is 23.3 Å². The van der Waals surface area contributed by atoms with Crippen molar-refractivity contribution in [3.8, 4) is 5.69 Å². The van der Waals surface area contributed by atoms with E-state index < -0.39 is 11.9 Å². The van der Waals surface area contributed by atoms with Crippen LogP contribution in [-0.2, 0) is 4.79 Å². The zero-order valence-electron chi connectivity index (χ0n) is 12.7. The van der Waals surface area contributed by atoms with Crippen LogP contribution in [0.2, 0.25) is 10.0 Å². The number of nitrogens with zero attached hydrogens (tertiary/aromatic N) is 3. The second-order valence-corrected chi connectivity index (χ2v) is 6.49. The average Bonchev–Trinajstić information content (AvgIpc) is 3.06. The predicted octanol–water partition coefficient (Wildman–Crippen LogP) is 3.12. The Morgan fingerprint density at radius 2 is 2.00 bits per heavy atom. The summed E-state index contributed by atoms with van der Waals surface area (Å²) in [5.41, 5.74) is 0.956. The van der Waals surface area contributed by atoms with Gasteiger partial charge in [-0.3, -0.25) is 9.59 Å². The van der Waals surface area contributed by atoms with Gasteiger partial charge in [-0.2, -0.15) is 5.10 Å². The fourth-order valence-electron chi connectivity index (χ4n) is 2.73. The van der Waals surface area contributed by atoms with E-state index in [-0.39, 0.29) is 18.1 Å². The van der Waals surface area contributed by atoms with Crippen LogP contribution in [0.4, 0.5) is 0 Å². The molecule has 1 saturated heterocycles. The van der Waals surface area contributed by atoms with Crippen LogP contribution in [0, 0.1) is 5.92 Å². The molecule has 0 unspecified atom stereocenters. The molecule has 0 spiro atoms. The number of rotatable bonds is 3. The Morgan fingerprint density at radius 3 is 2.71 bits per heavy atom. The van der Waals surface area contributed by atoms with Gasteiger partial charge in [-0.1, -0.05) is 23.2 Å². The van der Waals surface area contributed by atoms with E-state index in [0.717, 1.165) is 0 Å². The molecule has 1 fully saturated rings. The van der Waals surface area contributed by atoms with E-state index in [0.29, 0.717) is 35.1 Å². The summed E-state index contributed by atoms with van der Waals surface area (Å²) in [4.78, 5) is 25.2. The number of piperidine rings is 1. The molecule has 1 aromatic heterocycles. The maximum absolute atomic E-state index is 12.5. The largest absolute Gasteiger partial charge is 0.481 e. The van der Waals surface area contributed by atoms with Crippen molar-refractivity contribution in [2.75, 3.05) is 13.1 Å². The van der Waals surface area contributed by atoms with Crippen LogP contribution >= 0.6 is 23.2 Å². The van der Waals surface area contributed by atoms with E-state index in [1.54, 1.807) is 35.4 Å². The second kappa shape index (κ2) is 6.83. The van der Waals surface area contributed by atoms with Crippen molar-refractivity contribution >= 4 is 35.1 Å². The fourth-order valence-corrected chi connectivity index (χ4v) is 3.03. The third kappa shape index (κ3) is 3.39. The van der Waals surface area contributed by atoms with Crippen molar-refractivity contribution in [2.24, 2.45) is 5.92 Å². The Labute approximate surface area is 148 Å². The number of hydrogen-bond donors (Lipinski definition) is 1. The Morgan fingerprint density at radius 1 is 1.21 bits per heavy atom. The van der Waals surface area contributed by atoms with Crippen molar-refractivity contribution in [1.82, 2.24) is 14.7 Å². The van der Waals surface area contributed by atoms with Crippen LogP contribution in [0.5, 0.6) is 0 Å². The molecule has 1 aliphatic heterocycles. The first-order chi connectivity index (χ1) is 11.5. The molecule has 0 bridgehead atoms. The summed E-state index contributed by atoms with van der Waals surface area (Å²) in [5, 5.41) is 14.2. The first-order valence-corrected chi connectivity index (χ1v) is 8.24. The molecule has 0 saturated carbocycles. The molecule has 2 heterocycles. The smallest absolute Gasteiger partial charge is 0.308 e. The highest BCUT2D eigenvalue weighted by Crippen LogP contribution is 2.24. The van der Waals surface area contributed by atoms with Gasteiger partial charge in [-0.25, -0.2) is 4.68 Å².